The van der Waals surface area contributed by atoms with E-state index in [2.05, 4.69) is 10.3 Å². The Morgan fingerprint density at radius 1 is 1.32 bits per heavy atom. The zero-order valence-electron chi connectivity index (χ0n) is 13.2. The number of aromatic nitrogens is 2. The largest absolute Gasteiger partial charge is 0.342 e. The lowest BCUT2D eigenvalue weighted by Crippen LogP contribution is -2.35. The highest BCUT2D eigenvalue weighted by Gasteiger charge is 2.25. The summed E-state index contributed by atoms with van der Waals surface area (Å²) < 4.78 is 16.0. The van der Waals surface area contributed by atoms with Crippen LogP contribution < -0.4 is 5.32 Å². The highest BCUT2D eigenvalue weighted by atomic mass is 19.1. The summed E-state index contributed by atoms with van der Waals surface area (Å²) >= 11 is 0. The van der Waals surface area contributed by atoms with E-state index in [1.54, 1.807) is 35.2 Å². The summed E-state index contributed by atoms with van der Waals surface area (Å²) in [6.07, 6.45) is 4.94. The number of amides is 1. The quantitative estimate of drug-likeness (QED) is 0.891. The maximum Gasteiger partial charge on any atom is 0.223 e. The molecule has 2 rings (SSSR count). The third kappa shape index (κ3) is 3.35. The van der Waals surface area contributed by atoms with Gasteiger partial charge in [0, 0.05) is 30.9 Å². The van der Waals surface area contributed by atoms with Crippen molar-refractivity contribution in [2.75, 3.05) is 0 Å². The first-order chi connectivity index (χ1) is 10.6. The van der Waals surface area contributed by atoms with E-state index in [-0.39, 0.29) is 17.6 Å². The van der Waals surface area contributed by atoms with E-state index < -0.39 is 6.04 Å². The lowest BCUT2D eigenvalue weighted by Gasteiger charge is -2.22. The second kappa shape index (κ2) is 7.20. The number of nitrogens with zero attached hydrogens (tertiary/aromatic N) is 2. The van der Waals surface area contributed by atoms with Crippen molar-refractivity contribution >= 4 is 5.91 Å². The summed E-state index contributed by atoms with van der Waals surface area (Å²) in [4.78, 5) is 16.7. The molecule has 0 radical (unpaired) electrons. The van der Waals surface area contributed by atoms with Gasteiger partial charge in [-0.1, -0.05) is 32.0 Å². The van der Waals surface area contributed by atoms with Crippen molar-refractivity contribution in [2.45, 2.75) is 32.7 Å². The van der Waals surface area contributed by atoms with Crippen LogP contribution in [0.4, 0.5) is 4.39 Å². The van der Waals surface area contributed by atoms with Gasteiger partial charge in [-0.05, 0) is 18.9 Å². The van der Waals surface area contributed by atoms with Crippen LogP contribution in [0.15, 0.2) is 36.7 Å². The van der Waals surface area contributed by atoms with Crippen molar-refractivity contribution in [1.82, 2.24) is 14.9 Å². The fourth-order valence-electron chi connectivity index (χ4n) is 2.57. The first kappa shape index (κ1) is 16.2. The van der Waals surface area contributed by atoms with Crippen molar-refractivity contribution in [3.63, 3.8) is 0 Å². The van der Waals surface area contributed by atoms with Crippen LogP contribution in [0.25, 0.3) is 0 Å². The number of benzene rings is 1. The molecule has 5 heteroatoms. The Kier molecular flexibility index (Phi) is 5.31. The minimum absolute atomic E-state index is 0.0683. The van der Waals surface area contributed by atoms with Gasteiger partial charge in [-0.25, -0.2) is 9.37 Å². The molecule has 0 aliphatic rings. The summed E-state index contributed by atoms with van der Waals surface area (Å²) in [5.41, 5.74) is 0.427. The van der Waals surface area contributed by atoms with Crippen molar-refractivity contribution in [3.8, 4) is 0 Å². The third-order valence-electron chi connectivity index (χ3n) is 3.98. The molecule has 0 aliphatic heterocycles. The van der Waals surface area contributed by atoms with Gasteiger partial charge in [0.2, 0.25) is 5.91 Å². The van der Waals surface area contributed by atoms with Crippen molar-refractivity contribution in [3.05, 3.63) is 53.9 Å². The molecule has 118 valence electrons. The number of carbonyl (C=O) groups excluding carboxylic acids is 1. The topological polar surface area (TPSA) is 46.9 Å². The Morgan fingerprint density at radius 2 is 2.00 bits per heavy atom. The Bertz CT molecular complexity index is 634. The molecule has 0 saturated carbocycles. The summed E-state index contributed by atoms with van der Waals surface area (Å²) in [5.74, 6) is 0.126. The molecule has 2 aromatic rings. The van der Waals surface area contributed by atoms with Gasteiger partial charge >= 0.3 is 0 Å². The molecule has 1 atom stereocenters. The minimum atomic E-state index is -0.589. The van der Waals surface area contributed by atoms with Gasteiger partial charge in [0.25, 0.3) is 0 Å². The fraction of sp³-hybridized carbons (Fsp3) is 0.412. The lowest BCUT2D eigenvalue weighted by atomic mass is 10.00. The average Bonchev–Trinajstić information content (AvgIpc) is 2.93. The van der Waals surface area contributed by atoms with Crippen LogP contribution in [-0.4, -0.2) is 15.5 Å². The van der Waals surface area contributed by atoms with Gasteiger partial charge in [-0.2, -0.15) is 0 Å². The van der Waals surface area contributed by atoms with E-state index in [4.69, 9.17) is 0 Å². The second-order valence-corrected chi connectivity index (χ2v) is 5.37. The van der Waals surface area contributed by atoms with Crippen LogP contribution in [0.3, 0.4) is 0 Å². The van der Waals surface area contributed by atoms with Crippen LogP contribution in [-0.2, 0) is 11.8 Å². The van der Waals surface area contributed by atoms with E-state index in [0.29, 0.717) is 11.4 Å². The van der Waals surface area contributed by atoms with Crippen LogP contribution in [0, 0.1) is 11.7 Å². The van der Waals surface area contributed by atoms with Crippen LogP contribution in [0.1, 0.15) is 44.1 Å². The molecule has 4 nitrogen and oxygen atoms in total. The van der Waals surface area contributed by atoms with Gasteiger partial charge < -0.3 is 9.88 Å². The van der Waals surface area contributed by atoms with Gasteiger partial charge in [-0.15, -0.1) is 0 Å². The maximum absolute atomic E-state index is 14.2. The highest BCUT2D eigenvalue weighted by Crippen LogP contribution is 2.24. The number of carbonyl (C=O) groups is 1. The molecule has 0 fully saturated rings. The fourth-order valence-corrected chi connectivity index (χ4v) is 2.57. The normalized spacial score (nSPS) is 12.4. The molecule has 0 spiro atoms. The number of halogens is 1. The first-order valence-electron chi connectivity index (χ1n) is 7.60. The molecule has 1 aromatic carbocycles. The molecule has 1 aromatic heterocycles. The molecule has 1 heterocycles. The van der Waals surface area contributed by atoms with Gasteiger partial charge in [-0.3, -0.25) is 4.79 Å². The zero-order chi connectivity index (χ0) is 16.1. The van der Waals surface area contributed by atoms with E-state index in [9.17, 15) is 9.18 Å². The summed E-state index contributed by atoms with van der Waals surface area (Å²) in [6, 6.07) is 5.89. The van der Waals surface area contributed by atoms with E-state index >= 15 is 0 Å². The Labute approximate surface area is 130 Å². The average molecular weight is 303 g/mol. The molecular weight excluding hydrogens is 281 g/mol. The number of hydrogen-bond acceptors (Lipinski definition) is 2. The van der Waals surface area contributed by atoms with Crippen LogP contribution in [0.2, 0.25) is 0 Å². The zero-order valence-corrected chi connectivity index (χ0v) is 13.2. The molecule has 0 aliphatic carbocycles. The van der Waals surface area contributed by atoms with Gasteiger partial charge in [0.05, 0.1) is 0 Å². The smallest absolute Gasteiger partial charge is 0.223 e. The van der Waals surface area contributed by atoms with E-state index in [0.717, 1.165) is 12.8 Å². The summed E-state index contributed by atoms with van der Waals surface area (Å²) in [6.45, 7) is 3.96. The third-order valence-corrected chi connectivity index (χ3v) is 3.98. The van der Waals surface area contributed by atoms with E-state index in [1.807, 2.05) is 20.9 Å². The van der Waals surface area contributed by atoms with Gasteiger partial charge in [0.1, 0.15) is 17.7 Å². The minimum Gasteiger partial charge on any atom is -0.342 e. The SMILES string of the molecule is CCC(CC)C(=O)NC(c1ccccc1F)c1nccn1C. The predicted molar refractivity (Wildman–Crippen MR) is 83.7 cm³/mol. The molecule has 0 saturated heterocycles. The number of nitrogens with one attached hydrogen (secondary N) is 1. The highest BCUT2D eigenvalue weighted by molar-refractivity contribution is 5.79. The van der Waals surface area contributed by atoms with Crippen molar-refractivity contribution in [1.29, 1.82) is 0 Å². The molecule has 1 N–H and O–H groups in total. The Morgan fingerprint density at radius 3 is 2.55 bits per heavy atom. The molecule has 1 amide bonds. The number of aryl methyl sites for hydroxylation is 1. The van der Waals surface area contributed by atoms with Crippen LogP contribution >= 0.6 is 0 Å². The number of hydrogen-bond donors (Lipinski definition) is 1. The molecule has 22 heavy (non-hydrogen) atoms. The second-order valence-electron chi connectivity index (χ2n) is 5.37. The van der Waals surface area contributed by atoms with Crippen LogP contribution in [0.5, 0.6) is 0 Å². The lowest BCUT2D eigenvalue weighted by molar-refractivity contribution is -0.125. The van der Waals surface area contributed by atoms with Crippen molar-refractivity contribution < 1.29 is 9.18 Å². The number of imidazole rings is 1. The Balaban J connectivity index is 2.37. The first-order valence-corrected chi connectivity index (χ1v) is 7.60. The number of rotatable bonds is 6. The van der Waals surface area contributed by atoms with Crippen molar-refractivity contribution in [2.24, 2.45) is 13.0 Å². The Hall–Kier alpha value is -2.17. The summed E-state index contributed by atoms with van der Waals surface area (Å²) in [7, 11) is 1.83. The molecule has 0 bridgehead atoms. The molecular formula is C17H22FN3O. The van der Waals surface area contributed by atoms with E-state index in [1.165, 1.54) is 6.07 Å². The van der Waals surface area contributed by atoms with Gasteiger partial charge in [0.15, 0.2) is 0 Å². The standard InChI is InChI=1S/C17H22FN3O/c1-4-12(5-2)17(22)20-15(16-19-10-11-21(16)3)13-8-6-7-9-14(13)18/h6-12,15H,4-5H2,1-3H3,(H,20,22). The molecule has 1 unspecified atom stereocenters. The maximum atomic E-state index is 14.2. The monoisotopic (exact) mass is 303 g/mol. The predicted octanol–water partition coefficient (Wildman–Crippen LogP) is 3.20. The summed E-state index contributed by atoms with van der Waals surface area (Å²) in [5, 5.41) is 2.96.